The lowest BCUT2D eigenvalue weighted by Crippen LogP contribution is -2.35. The van der Waals surface area contributed by atoms with Gasteiger partial charge in [-0.2, -0.15) is 0 Å². The summed E-state index contributed by atoms with van der Waals surface area (Å²) in [6.45, 7) is 11.7. The molecule has 3 aliphatic rings. The van der Waals surface area contributed by atoms with Crippen molar-refractivity contribution >= 4 is 0 Å². The molecule has 122 valence electrons. The second kappa shape index (κ2) is 6.38. The van der Waals surface area contributed by atoms with Crippen LogP contribution in [-0.4, -0.2) is 0 Å². The van der Waals surface area contributed by atoms with Crippen molar-refractivity contribution in [3.05, 3.63) is 35.5 Å². The summed E-state index contributed by atoms with van der Waals surface area (Å²) in [4.78, 5) is 0. The Balaban J connectivity index is 1.81. The van der Waals surface area contributed by atoms with Gasteiger partial charge in [0.2, 0.25) is 0 Å². The summed E-state index contributed by atoms with van der Waals surface area (Å²) in [7, 11) is 0. The third-order valence-corrected chi connectivity index (χ3v) is 6.97. The Bertz CT molecular complexity index is 490. The van der Waals surface area contributed by atoms with Gasteiger partial charge < -0.3 is 0 Å². The Morgan fingerprint density at radius 3 is 2.55 bits per heavy atom. The van der Waals surface area contributed by atoms with Crippen molar-refractivity contribution in [1.29, 1.82) is 0 Å². The first-order valence-corrected chi connectivity index (χ1v) is 9.60. The number of fused-ring (bicyclic) bond motifs is 1. The fraction of sp³-hybridized carbons (Fsp3) is 0.727. The summed E-state index contributed by atoms with van der Waals surface area (Å²) >= 11 is 0. The van der Waals surface area contributed by atoms with Gasteiger partial charge in [-0.1, -0.05) is 50.6 Å². The average molecular weight is 299 g/mol. The third kappa shape index (κ3) is 2.86. The lowest BCUT2D eigenvalue weighted by Gasteiger charge is -2.43. The molecule has 0 aromatic heterocycles. The molecule has 3 saturated carbocycles. The van der Waals surface area contributed by atoms with Crippen LogP contribution in [0.3, 0.4) is 0 Å². The molecule has 0 bridgehead atoms. The Labute approximate surface area is 137 Å². The SMILES string of the molecule is C=C1CCCC/C1=C/C=C1\CCC[C@]2(C)[C@@H](C(C)C)CC[C@@H]12. The highest BCUT2D eigenvalue weighted by Crippen LogP contribution is 2.59. The summed E-state index contributed by atoms with van der Waals surface area (Å²) in [5, 5.41) is 0. The molecular weight excluding hydrogens is 264 g/mol. The smallest absolute Gasteiger partial charge is 0.0143 e. The van der Waals surface area contributed by atoms with Crippen LogP contribution in [0.5, 0.6) is 0 Å². The first-order valence-electron chi connectivity index (χ1n) is 9.60. The quantitative estimate of drug-likeness (QED) is 0.523. The largest absolute Gasteiger partial charge is 0.0956 e. The second-order valence-corrected chi connectivity index (χ2v) is 8.58. The molecule has 3 aliphatic carbocycles. The van der Waals surface area contributed by atoms with Gasteiger partial charge in [0.15, 0.2) is 0 Å². The second-order valence-electron chi connectivity index (χ2n) is 8.58. The summed E-state index contributed by atoms with van der Waals surface area (Å²) in [5.74, 6) is 2.62. The Morgan fingerprint density at radius 1 is 1.05 bits per heavy atom. The minimum absolute atomic E-state index is 0.570. The van der Waals surface area contributed by atoms with Gasteiger partial charge in [-0.15, -0.1) is 0 Å². The third-order valence-electron chi connectivity index (χ3n) is 6.97. The minimum atomic E-state index is 0.570. The fourth-order valence-corrected chi connectivity index (χ4v) is 5.77. The molecule has 0 aromatic rings. The molecule has 0 unspecified atom stereocenters. The standard InChI is InChI=1S/C22H34/c1-16(2)20-13-14-21-19(10-7-15-22(20,21)4)12-11-18-9-6-5-8-17(18)3/h11-12,16,20-21H,3,5-10,13-15H2,1-2,4H3/b18-11-,19-12+/t20-,21+,22-/m1/s1. The van der Waals surface area contributed by atoms with Crippen LogP contribution in [0.1, 0.15) is 78.6 Å². The van der Waals surface area contributed by atoms with E-state index in [1.54, 1.807) is 5.57 Å². The summed E-state index contributed by atoms with van der Waals surface area (Å²) < 4.78 is 0. The topological polar surface area (TPSA) is 0 Å². The molecule has 0 heterocycles. The van der Waals surface area contributed by atoms with Crippen LogP contribution in [0.2, 0.25) is 0 Å². The molecule has 0 saturated heterocycles. The molecule has 3 rings (SSSR count). The van der Waals surface area contributed by atoms with Crippen LogP contribution in [0.15, 0.2) is 35.5 Å². The highest BCUT2D eigenvalue weighted by molar-refractivity contribution is 5.35. The maximum atomic E-state index is 4.28. The van der Waals surface area contributed by atoms with Crippen LogP contribution in [0.4, 0.5) is 0 Å². The van der Waals surface area contributed by atoms with E-state index in [0.717, 1.165) is 17.8 Å². The zero-order chi connectivity index (χ0) is 15.7. The molecule has 0 amide bonds. The molecule has 3 fully saturated rings. The van der Waals surface area contributed by atoms with Crippen LogP contribution < -0.4 is 0 Å². The van der Waals surface area contributed by atoms with Crippen molar-refractivity contribution in [3.63, 3.8) is 0 Å². The average Bonchev–Trinajstić information content (AvgIpc) is 2.84. The van der Waals surface area contributed by atoms with Gasteiger partial charge in [0.25, 0.3) is 0 Å². The van der Waals surface area contributed by atoms with Crippen LogP contribution in [-0.2, 0) is 0 Å². The van der Waals surface area contributed by atoms with Crippen molar-refractivity contribution in [2.45, 2.75) is 78.6 Å². The van der Waals surface area contributed by atoms with Gasteiger partial charge in [0.1, 0.15) is 0 Å². The molecule has 3 atom stereocenters. The van der Waals surface area contributed by atoms with E-state index in [9.17, 15) is 0 Å². The predicted molar refractivity (Wildman–Crippen MR) is 96.8 cm³/mol. The molecule has 0 radical (unpaired) electrons. The maximum absolute atomic E-state index is 4.28. The molecule has 0 heteroatoms. The number of hydrogen-bond acceptors (Lipinski definition) is 0. The normalized spacial score (nSPS) is 39.7. The molecule has 22 heavy (non-hydrogen) atoms. The lowest BCUT2D eigenvalue weighted by molar-refractivity contribution is 0.104. The van der Waals surface area contributed by atoms with E-state index in [1.165, 1.54) is 68.9 Å². The van der Waals surface area contributed by atoms with Gasteiger partial charge in [-0.25, -0.2) is 0 Å². The van der Waals surface area contributed by atoms with E-state index in [-0.39, 0.29) is 0 Å². The molecule has 0 nitrogen and oxygen atoms in total. The highest BCUT2D eigenvalue weighted by Gasteiger charge is 2.49. The molecule has 0 aromatic carbocycles. The Kier molecular flexibility index (Phi) is 4.67. The summed E-state index contributed by atoms with van der Waals surface area (Å²) in [6, 6.07) is 0. The van der Waals surface area contributed by atoms with Gasteiger partial charge in [0, 0.05) is 0 Å². The maximum Gasteiger partial charge on any atom is -0.0143 e. The fourth-order valence-electron chi connectivity index (χ4n) is 5.77. The lowest BCUT2D eigenvalue weighted by atomic mass is 9.61. The van der Waals surface area contributed by atoms with Crippen LogP contribution in [0.25, 0.3) is 0 Å². The molecule has 0 N–H and O–H groups in total. The van der Waals surface area contributed by atoms with Gasteiger partial charge in [0.05, 0.1) is 0 Å². The minimum Gasteiger partial charge on any atom is -0.0956 e. The van der Waals surface area contributed by atoms with Crippen molar-refractivity contribution < 1.29 is 0 Å². The van der Waals surface area contributed by atoms with E-state index in [2.05, 4.69) is 39.5 Å². The first kappa shape index (κ1) is 16.1. The van der Waals surface area contributed by atoms with Gasteiger partial charge in [-0.05, 0) is 86.5 Å². The van der Waals surface area contributed by atoms with E-state index < -0.39 is 0 Å². The van der Waals surface area contributed by atoms with Gasteiger partial charge >= 0.3 is 0 Å². The highest BCUT2D eigenvalue weighted by atomic mass is 14.5. The van der Waals surface area contributed by atoms with Gasteiger partial charge in [-0.3, -0.25) is 0 Å². The number of hydrogen-bond donors (Lipinski definition) is 0. The Morgan fingerprint density at radius 2 is 1.82 bits per heavy atom. The zero-order valence-corrected chi connectivity index (χ0v) is 15.0. The van der Waals surface area contributed by atoms with Crippen molar-refractivity contribution in [1.82, 2.24) is 0 Å². The number of allylic oxidation sites excluding steroid dienone is 5. The summed E-state index contributed by atoms with van der Waals surface area (Å²) in [6.07, 6.45) is 17.1. The Hall–Kier alpha value is -0.780. The van der Waals surface area contributed by atoms with Crippen LogP contribution in [0, 0.1) is 23.2 Å². The zero-order valence-electron chi connectivity index (χ0n) is 15.0. The van der Waals surface area contributed by atoms with E-state index >= 15 is 0 Å². The molecule has 0 aliphatic heterocycles. The monoisotopic (exact) mass is 298 g/mol. The van der Waals surface area contributed by atoms with E-state index in [1.807, 2.05) is 0 Å². The predicted octanol–water partition coefficient (Wildman–Crippen LogP) is 6.84. The van der Waals surface area contributed by atoms with E-state index in [0.29, 0.717) is 5.41 Å². The van der Waals surface area contributed by atoms with Crippen molar-refractivity contribution in [3.8, 4) is 0 Å². The van der Waals surface area contributed by atoms with Crippen molar-refractivity contribution in [2.24, 2.45) is 23.2 Å². The van der Waals surface area contributed by atoms with E-state index in [4.69, 9.17) is 0 Å². The summed E-state index contributed by atoms with van der Waals surface area (Å²) in [5.41, 5.74) is 5.25. The molecule has 0 spiro atoms. The number of rotatable bonds is 2. The first-order chi connectivity index (χ1) is 10.5. The van der Waals surface area contributed by atoms with Crippen LogP contribution >= 0.6 is 0 Å². The molecular formula is C22H34. The van der Waals surface area contributed by atoms with Crippen molar-refractivity contribution in [2.75, 3.05) is 0 Å².